The second-order valence-electron chi connectivity index (χ2n) is 19.5. The molecule has 14 nitrogen and oxygen atoms in total. The van der Waals surface area contributed by atoms with Gasteiger partial charge in [0.25, 0.3) is 0 Å². The van der Waals surface area contributed by atoms with Crippen LogP contribution in [0.15, 0.2) is 0 Å². The van der Waals surface area contributed by atoms with Crippen molar-refractivity contribution in [2.75, 3.05) is 28.4 Å². The van der Waals surface area contributed by atoms with Crippen LogP contribution in [0.1, 0.15) is 108 Å². The van der Waals surface area contributed by atoms with Gasteiger partial charge < -0.3 is 67.5 Å². The molecule has 0 saturated carbocycles. The van der Waals surface area contributed by atoms with Crippen molar-refractivity contribution in [3.63, 3.8) is 0 Å². The van der Waals surface area contributed by atoms with Crippen LogP contribution in [0.25, 0.3) is 0 Å². The van der Waals surface area contributed by atoms with Crippen molar-refractivity contribution in [2.45, 2.75) is 197 Å². The number of carbonyl (C=O) groups is 1. The molecule has 0 bridgehead atoms. The van der Waals surface area contributed by atoms with Crippen LogP contribution >= 0.6 is 0 Å². The van der Waals surface area contributed by atoms with Crippen molar-refractivity contribution in [1.29, 1.82) is 0 Å². The third kappa shape index (κ3) is 8.52. The third-order valence-electron chi connectivity index (χ3n) is 15.8. The van der Waals surface area contributed by atoms with E-state index in [2.05, 4.69) is 34.6 Å². The molecule has 0 amide bonds. The fourth-order valence-corrected chi connectivity index (χ4v) is 12.2. The molecule has 58 heavy (non-hydrogen) atoms. The standard InChI is InChI=1S/C43H74O14.Na/c1-21-28(48-11)19-42(55-31(21)22(2)32-23(3)34(50-13)27(7)43(47,56-32)20-30(44)45)18-17-39(8,57-42)29-15-16-40(9,53-29)38-25(5)35(51-14)37(52-38)36-24(4)33(49-12)26(6)41(10,46)54-36;/h21-29,31-38,46-47H,15-20H2,1-14H3,(H,44,45);/q;+1/p-1/t21-,22-,23+,24+,25+,26-,27-,28+,29-,31+,32-,33+,34+,35-,36+,37-,38-,39+,40+,41+,42-,43-;/m1./s1. The van der Waals surface area contributed by atoms with Crippen LogP contribution in [0.3, 0.4) is 0 Å². The predicted molar refractivity (Wildman–Crippen MR) is 204 cm³/mol. The van der Waals surface area contributed by atoms with E-state index in [-0.39, 0.29) is 95.6 Å². The van der Waals surface area contributed by atoms with Gasteiger partial charge in [0.2, 0.25) is 0 Å². The third-order valence-corrected chi connectivity index (χ3v) is 15.8. The summed E-state index contributed by atoms with van der Waals surface area (Å²) in [6, 6.07) is 0. The van der Waals surface area contributed by atoms with Crippen LogP contribution in [-0.2, 0) is 52.2 Å². The zero-order valence-electron chi connectivity index (χ0n) is 37.9. The Kier molecular flexibility index (Phi) is 15.1. The molecular formula is C43H73NaO14. The van der Waals surface area contributed by atoms with Crippen molar-refractivity contribution in [3.8, 4) is 0 Å². The molecule has 15 heteroatoms. The number of aliphatic carboxylic acids is 1. The molecule has 6 saturated heterocycles. The summed E-state index contributed by atoms with van der Waals surface area (Å²) in [6.07, 6.45) is -0.909. The van der Waals surface area contributed by atoms with Crippen LogP contribution in [0.2, 0.25) is 0 Å². The Morgan fingerprint density at radius 1 is 0.724 bits per heavy atom. The molecule has 0 unspecified atom stereocenters. The number of aliphatic hydroxyl groups is 2. The van der Waals surface area contributed by atoms with E-state index < -0.39 is 77.4 Å². The van der Waals surface area contributed by atoms with Crippen LogP contribution < -0.4 is 34.7 Å². The summed E-state index contributed by atoms with van der Waals surface area (Å²) < 4.78 is 65.0. The van der Waals surface area contributed by atoms with Gasteiger partial charge in [0.15, 0.2) is 17.4 Å². The van der Waals surface area contributed by atoms with E-state index in [1.165, 1.54) is 0 Å². The molecule has 330 valence electrons. The summed E-state index contributed by atoms with van der Waals surface area (Å²) in [4.78, 5) is 11.8. The van der Waals surface area contributed by atoms with Gasteiger partial charge >= 0.3 is 29.6 Å². The van der Waals surface area contributed by atoms with E-state index in [0.29, 0.717) is 19.3 Å². The van der Waals surface area contributed by atoms with Crippen molar-refractivity contribution in [2.24, 2.45) is 41.4 Å². The second kappa shape index (κ2) is 17.9. The molecule has 1 spiro atoms. The van der Waals surface area contributed by atoms with Crippen molar-refractivity contribution >= 4 is 5.97 Å². The second-order valence-corrected chi connectivity index (χ2v) is 19.5. The SMILES string of the molecule is CO[C@@H]1[C@H](C)[C@H]([C@]2(C)CC[C@H]([C@]3(C)CC[C@]4(C[C@H](OC)[C@@H](C)[C@@H]([C@@H](C)[C@H]5O[C@](O)(CC(=O)[O-])[C@H](C)[C@@H](OC)[C@H]5C)O4)O3)O2)O[C@H]1[C@H]1O[C@](C)(O)[C@H](C)[C@@H](OC)[C@@H]1C.[Na+]. The van der Waals surface area contributed by atoms with Gasteiger partial charge in [-0.1, -0.05) is 48.5 Å². The number of hydrogen-bond donors (Lipinski definition) is 2. The van der Waals surface area contributed by atoms with E-state index in [0.717, 1.165) is 12.8 Å². The number of ether oxygens (including phenoxy) is 10. The molecular weight excluding hydrogens is 763 g/mol. The summed E-state index contributed by atoms with van der Waals surface area (Å²) in [5, 5.41) is 34.6. The first-order valence-electron chi connectivity index (χ1n) is 21.4. The van der Waals surface area contributed by atoms with Gasteiger partial charge in [-0.2, -0.15) is 0 Å². The summed E-state index contributed by atoms with van der Waals surface area (Å²) in [5.74, 6) is -7.18. The van der Waals surface area contributed by atoms with E-state index >= 15 is 0 Å². The summed E-state index contributed by atoms with van der Waals surface area (Å²) in [7, 11) is 6.66. The molecule has 0 radical (unpaired) electrons. The van der Waals surface area contributed by atoms with E-state index in [1.807, 2.05) is 20.8 Å². The molecule has 6 rings (SSSR count). The molecule has 22 atom stereocenters. The maximum Gasteiger partial charge on any atom is 1.00 e. The number of carboxylic acid groups (broad SMARTS) is 1. The number of rotatable bonds is 11. The average molecular weight is 837 g/mol. The number of methoxy groups -OCH3 is 4. The van der Waals surface area contributed by atoms with Crippen LogP contribution in [0.4, 0.5) is 0 Å². The van der Waals surface area contributed by atoms with Crippen molar-refractivity contribution in [1.82, 2.24) is 0 Å². The minimum absolute atomic E-state index is 0. The van der Waals surface area contributed by atoms with Gasteiger partial charge in [-0.3, -0.25) is 0 Å². The first kappa shape index (κ1) is 49.0. The predicted octanol–water partition coefficient (Wildman–Crippen LogP) is 0.597. The molecule has 6 aliphatic heterocycles. The Labute approximate surface area is 368 Å². The Hall–Kier alpha value is -0.0100. The first-order chi connectivity index (χ1) is 26.5. The normalized spacial score (nSPS) is 54.1. The average Bonchev–Trinajstić information content (AvgIpc) is 3.82. The topological polar surface area (TPSA) is 173 Å². The van der Waals surface area contributed by atoms with Crippen LogP contribution in [-0.4, -0.2) is 134 Å². The Morgan fingerprint density at radius 3 is 1.91 bits per heavy atom. The monoisotopic (exact) mass is 836 g/mol. The van der Waals surface area contributed by atoms with E-state index in [1.54, 1.807) is 42.3 Å². The minimum atomic E-state index is -1.97. The van der Waals surface area contributed by atoms with Crippen LogP contribution in [0, 0.1) is 41.4 Å². The van der Waals surface area contributed by atoms with Gasteiger partial charge in [-0.25, -0.2) is 0 Å². The fourth-order valence-electron chi connectivity index (χ4n) is 12.2. The van der Waals surface area contributed by atoms with Gasteiger partial charge in [-0.05, 0) is 40.0 Å². The van der Waals surface area contributed by atoms with Crippen molar-refractivity contribution < 1.29 is 97.0 Å². The summed E-state index contributed by atoms with van der Waals surface area (Å²) in [6.45, 7) is 20.0. The Bertz CT molecular complexity index is 1420. The Morgan fingerprint density at radius 2 is 1.33 bits per heavy atom. The zero-order valence-corrected chi connectivity index (χ0v) is 39.9. The quantitative estimate of drug-likeness (QED) is 0.277. The molecule has 0 aromatic carbocycles. The molecule has 6 aliphatic rings. The first-order valence-corrected chi connectivity index (χ1v) is 21.4. The Balaban J connectivity index is 0.00000641. The molecule has 0 aliphatic carbocycles. The molecule has 2 N–H and O–H groups in total. The zero-order chi connectivity index (χ0) is 42.2. The molecule has 6 fully saturated rings. The maximum atomic E-state index is 11.8. The van der Waals surface area contributed by atoms with Gasteiger partial charge in [0.1, 0.15) is 6.10 Å². The largest absolute Gasteiger partial charge is 1.00 e. The summed E-state index contributed by atoms with van der Waals surface area (Å²) >= 11 is 0. The van der Waals surface area contributed by atoms with Gasteiger partial charge in [0.05, 0.1) is 66.1 Å². The van der Waals surface area contributed by atoms with Gasteiger partial charge in [0, 0.05) is 95.1 Å². The van der Waals surface area contributed by atoms with E-state index in [9.17, 15) is 20.1 Å². The smallest absolute Gasteiger partial charge is 0.550 e. The molecule has 0 aromatic rings. The van der Waals surface area contributed by atoms with Crippen LogP contribution in [0.5, 0.6) is 0 Å². The number of carboxylic acids is 1. The fraction of sp³-hybridized carbons (Fsp3) is 0.977. The molecule has 0 aromatic heterocycles. The van der Waals surface area contributed by atoms with Crippen molar-refractivity contribution in [3.05, 3.63) is 0 Å². The number of hydrogen-bond acceptors (Lipinski definition) is 14. The minimum Gasteiger partial charge on any atom is -0.550 e. The molecule has 6 heterocycles. The van der Waals surface area contributed by atoms with Gasteiger partial charge in [-0.15, -0.1) is 0 Å². The maximum absolute atomic E-state index is 11.8. The number of carbonyl (C=O) groups excluding carboxylic acids is 1. The summed E-state index contributed by atoms with van der Waals surface area (Å²) in [5.41, 5.74) is -1.32. The van der Waals surface area contributed by atoms with E-state index in [4.69, 9.17) is 47.4 Å².